The molecule has 356 valence electrons. The van der Waals surface area contributed by atoms with E-state index in [1.807, 2.05) is 94.5 Å². The average molecular weight is 878 g/mol. The first-order valence-electron chi connectivity index (χ1n) is 23.8. The van der Waals surface area contributed by atoms with E-state index < -0.39 is 11.6 Å². The van der Waals surface area contributed by atoms with E-state index in [2.05, 4.69) is 91.4 Å². The standard InChI is InChI=1S/C44H57F2N3O3.C3H8.4C2H6/c1-9-13-35-26-36(27-43(51-7)44(35)52-8)32(5)24-33(10-2)30-49(39-16-17-40(45)41(46)28-39)38-19-22-48(23-20-38)29-34-18-21-47-37(25-34)15-12-14-31(4)42(11-3)50-6;1-3-2;4*1-2/h10-12,14-18,21,24-28,37-38,47H,9,13,19-20,22-23,29-30H2,1-8H3;3H2,1-2H3;4*1-2H3/b15-12+,31-14-,32-24+,33-10+,42-11+;;;;;. The normalized spacial score (nSPS) is 15.6. The number of allylic oxidation sites excluding steroid dienone is 6. The number of hydrogen-bond donors (Lipinski definition) is 1. The third kappa shape index (κ3) is 21.1. The summed E-state index contributed by atoms with van der Waals surface area (Å²) in [6.07, 6.45) is 23.9. The summed E-state index contributed by atoms with van der Waals surface area (Å²) in [6, 6.07) is 8.74. The zero-order valence-corrected chi connectivity index (χ0v) is 43.0. The highest BCUT2D eigenvalue weighted by molar-refractivity contribution is 5.71. The van der Waals surface area contributed by atoms with Crippen molar-refractivity contribution in [1.29, 1.82) is 0 Å². The van der Waals surface area contributed by atoms with Crippen molar-refractivity contribution in [2.24, 2.45) is 0 Å². The van der Waals surface area contributed by atoms with Crippen LogP contribution in [0.5, 0.6) is 11.5 Å². The second-order valence-electron chi connectivity index (χ2n) is 14.1. The Morgan fingerprint density at radius 3 is 2.02 bits per heavy atom. The summed E-state index contributed by atoms with van der Waals surface area (Å²) in [7, 11) is 5.03. The van der Waals surface area contributed by atoms with E-state index in [1.54, 1.807) is 27.4 Å². The second kappa shape index (κ2) is 36.9. The van der Waals surface area contributed by atoms with Gasteiger partial charge < -0.3 is 24.4 Å². The number of aryl methyl sites for hydroxylation is 1. The summed E-state index contributed by atoms with van der Waals surface area (Å²) in [5.74, 6) is 0.688. The van der Waals surface area contributed by atoms with Gasteiger partial charge in [-0.05, 0) is 123 Å². The number of likely N-dealkylation sites (tertiary alicyclic amines) is 1. The van der Waals surface area contributed by atoms with Crippen LogP contribution in [0.1, 0.15) is 141 Å². The molecule has 0 bridgehead atoms. The lowest BCUT2D eigenvalue weighted by Crippen LogP contribution is -2.46. The van der Waals surface area contributed by atoms with Crippen molar-refractivity contribution in [3.63, 3.8) is 0 Å². The lowest BCUT2D eigenvalue weighted by molar-refractivity contribution is 0.226. The molecular weight excluding hydrogens is 789 g/mol. The van der Waals surface area contributed by atoms with Crippen molar-refractivity contribution in [3.8, 4) is 11.5 Å². The van der Waals surface area contributed by atoms with Crippen molar-refractivity contribution in [1.82, 2.24) is 10.2 Å². The van der Waals surface area contributed by atoms with E-state index in [0.29, 0.717) is 18.0 Å². The van der Waals surface area contributed by atoms with E-state index in [0.717, 1.165) is 84.7 Å². The number of ether oxygens (including phenoxy) is 3. The van der Waals surface area contributed by atoms with Crippen LogP contribution in [0, 0.1) is 11.6 Å². The highest BCUT2D eigenvalue weighted by Gasteiger charge is 2.27. The van der Waals surface area contributed by atoms with Crippen molar-refractivity contribution < 1.29 is 23.0 Å². The Morgan fingerprint density at radius 2 is 1.49 bits per heavy atom. The Labute approximate surface area is 385 Å². The van der Waals surface area contributed by atoms with E-state index >= 15 is 0 Å². The Kier molecular flexibility index (Phi) is 35.4. The molecule has 8 heteroatoms. The van der Waals surface area contributed by atoms with E-state index in [9.17, 15) is 8.78 Å². The Balaban J connectivity index is 0. The zero-order chi connectivity index (χ0) is 48.3. The van der Waals surface area contributed by atoms with Gasteiger partial charge in [0, 0.05) is 44.0 Å². The number of nitrogens with zero attached hydrogens (tertiary/aromatic N) is 2. The topological polar surface area (TPSA) is 46.2 Å². The molecule has 1 atom stereocenters. The predicted octanol–water partition coefficient (Wildman–Crippen LogP) is 15.2. The fraction of sp³-hybridized carbons (Fsp3) is 0.527. The Bertz CT molecular complexity index is 1750. The summed E-state index contributed by atoms with van der Waals surface area (Å²) in [6.45, 7) is 33.8. The molecule has 2 aromatic rings. The SMILES string of the molecule is C/C=C(\C=C(/C)c1cc(CCC)c(OC)c(OC)c1)CN(c1ccc(F)c(F)c1)C1CCN(CC2=CC(/C=C/C=C(C)\C(=C/C)OC)NC=C2)CC1.CC.CC.CC.CC.CCC. The lowest BCUT2D eigenvalue weighted by atomic mass is 9.97. The minimum atomic E-state index is -0.836. The number of hydrogen-bond acceptors (Lipinski definition) is 6. The van der Waals surface area contributed by atoms with E-state index in [-0.39, 0.29) is 12.1 Å². The van der Waals surface area contributed by atoms with Gasteiger partial charge in [-0.15, -0.1) is 0 Å². The van der Waals surface area contributed by atoms with E-state index in [1.165, 1.54) is 24.1 Å². The molecular formula is C55H89F2N3O3. The quantitative estimate of drug-likeness (QED) is 0.134. The lowest BCUT2D eigenvalue weighted by Gasteiger charge is -2.40. The van der Waals surface area contributed by atoms with Crippen LogP contribution in [0.15, 0.2) is 108 Å². The van der Waals surface area contributed by atoms with Crippen molar-refractivity contribution in [2.75, 3.05) is 52.4 Å². The molecule has 1 unspecified atom stereocenters. The van der Waals surface area contributed by atoms with Crippen LogP contribution in [0.3, 0.4) is 0 Å². The maximum absolute atomic E-state index is 14.6. The molecule has 1 fully saturated rings. The van der Waals surface area contributed by atoms with Gasteiger partial charge in [0.1, 0.15) is 5.76 Å². The van der Waals surface area contributed by atoms with Gasteiger partial charge in [0.25, 0.3) is 0 Å². The number of methoxy groups -OCH3 is 3. The van der Waals surface area contributed by atoms with Crippen LogP contribution < -0.4 is 19.7 Å². The van der Waals surface area contributed by atoms with Crippen LogP contribution in [-0.2, 0) is 11.2 Å². The van der Waals surface area contributed by atoms with Gasteiger partial charge in [0.2, 0.25) is 0 Å². The number of halogens is 2. The zero-order valence-electron chi connectivity index (χ0n) is 43.0. The number of anilines is 1. The van der Waals surface area contributed by atoms with Crippen molar-refractivity contribution >= 4 is 11.3 Å². The minimum absolute atomic E-state index is 0.107. The smallest absolute Gasteiger partial charge is 0.163 e. The second-order valence-corrected chi connectivity index (χ2v) is 14.1. The van der Waals surface area contributed by atoms with Gasteiger partial charge in [-0.1, -0.05) is 125 Å². The van der Waals surface area contributed by atoms with Crippen molar-refractivity contribution in [3.05, 3.63) is 130 Å². The van der Waals surface area contributed by atoms with Crippen LogP contribution in [-0.4, -0.2) is 64.5 Å². The third-order valence-corrected chi connectivity index (χ3v) is 9.81. The number of benzene rings is 2. The predicted molar refractivity (Wildman–Crippen MR) is 273 cm³/mol. The number of rotatable bonds is 16. The minimum Gasteiger partial charge on any atom is -0.497 e. The molecule has 2 aromatic carbocycles. The molecule has 2 aliphatic rings. The fourth-order valence-electron chi connectivity index (χ4n) is 6.97. The Morgan fingerprint density at radius 1 is 0.857 bits per heavy atom. The first-order chi connectivity index (χ1) is 30.5. The molecule has 2 aliphatic heterocycles. The largest absolute Gasteiger partial charge is 0.497 e. The average Bonchev–Trinajstić information content (AvgIpc) is 3.32. The molecule has 4 rings (SSSR count). The van der Waals surface area contributed by atoms with Gasteiger partial charge in [-0.25, -0.2) is 8.78 Å². The third-order valence-electron chi connectivity index (χ3n) is 9.81. The summed E-state index contributed by atoms with van der Waals surface area (Å²) in [5, 5.41) is 3.41. The molecule has 0 aromatic heterocycles. The summed E-state index contributed by atoms with van der Waals surface area (Å²) < 4.78 is 45.5. The van der Waals surface area contributed by atoms with Gasteiger partial charge in [-0.2, -0.15) is 0 Å². The van der Waals surface area contributed by atoms with Gasteiger partial charge in [-0.3, -0.25) is 4.90 Å². The first-order valence-corrected chi connectivity index (χ1v) is 23.8. The number of piperidine rings is 1. The van der Waals surface area contributed by atoms with Gasteiger partial charge in [0.05, 0.1) is 27.4 Å². The summed E-state index contributed by atoms with van der Waals surface area (Å²) >= 11 is 0. The summed E-state index contributed by atoms with van der Waals surface area (Å²) in [5.41, 5.74) is 7.39. The molecule has 0 saturated carbocycles. The van der Waals surface area contributed by atoms with Crippen LogP contribution in [0.25, 0.3) is 5.57 Å². The molecule has 2 heterocycles. The molecule has 0 spiro atoms. The van der Waals surface area contributed by atoms with Crippen LogP contribution in [0.2, 0.25) is 0 Å². The molecule has 0 aliphatic carbocycles. The first kappa shape index (κ1) is 60.5. The highest BCUT2D eigenvalue weighted by atomic mass is 19.2. The fourth-order valence-corrected chi connectivity index (χ4v) is 6.97. The van der Waals surface area contributed by atoms with Crippen LogP contribution in [0.4, 0.5) is 14.5 Å². The molecule has 63 heavy (non-hydrogen) atoms. The van der Waals surface area contributed by atoms with Crippen LogP contribution >= 0.6 is 0 Å². The monoisotopic (exact) mass is 878 g/mol. The summed E-state index contributed by atoms with van der Waals surface area (Å²) in [4.78, 5) is 4.73. The number of nitrogens with one attached hydrogen (secondary N) is 1. The molecule has 1 N–H and O–H groups in total. The van der Waals surface area contributed by atoms with Crippen molar-refractivity contribution in [2.45, 2.75) is 148 Å². The maximum atomic E-state index is 14.6. The van der Waals surface area contributed by atoms with Gasteiger partial charge >= 0.3 is 0 Å². The Hall–Kier alpha value is -4.56. The van der Waals surface area contributed by atoms with Gasteiger partial charge in [0.15, 0.2) is 23.1 Å². The molecule has 0 radical (unpaired) electrons. The van der Waals surface area contributed by atoms with E-state index in [4.69, 9.17) is 14.2 Å². The molecule has 6 nitrogen and oxygen atoms in total. The number of dihydropyridines is 1. The maximum Gasteiger partial charge on any atom is 0.163 e. The molecule has 0 amide bonds. The highest BCUT2D eigenvalue weighted by Crippen LogP contribution is 2.36. The molecule has 1 saturated heterocycles.